The van der Waals surface area contributed by atoms with Crippen molar-refractivity contribution in [1.82, 2.24) is 10.2 Å². The highest BCUT2D eigenvalue weighted by Gasteiger charge is 2.36. The summed E-state index contributed by atoms with van der Waals surface area (Å²) in [6.45, 7) is 4.06. The summed E-state index contributed by atoms with van der Waals surface area (Å²) in [7, 11) is 0. The summed E-state index contributed by atoms with van der Waals surface area (Å²) in [5, 5.41) is 4.78. The molecule has 2 amide bonds. The lowest BCUT2D eigenvalue weighted by molar-refractivity contribution is -0.139. The second-order valence-electron chi connectivity index (χ2n) is 5.82. The predicted molar refractivity (Wildman–Crippen MR) is 96.9 cm³/mol. The number of benzene rings is 1. The van der Waals surface area contributed by atoms with E-state index in [2.05, 4.69) is 5.32 Å². The fourth-order valence-corrected chi connectivity index (χ4v) is 3.60. The second-order valence-corrected chi connectivity index (χ2v) is 6.85. The summed E-state index contributed by atoms with van der Waals surface area (Å²) >= 11 is 1.54. The monoisotopic (exact) mass is 374 g/mol. The number of halogens is 1. The number of hydrogen-bond donors (Lipinski definition) is 1. The van der Waals surface area contributed by atoms with Crippen LogP contribution >= 0.6 is 11.3 Å². The van der Waals surface area contributed by atoms with Gasteiger partial charge in [0.05, 0.1) is 24.8 Å². The molecule has 5 nitrogen and oxygen atoms in total. The number of ether oxygens (including phenoxy) is 1. The maximum Gasteiger partial charge on any atom is 0.338 e. The van der Waals surface area contributed by atoms with Crippen molar-refractivity contribution in [3.8, 4) is 0 Å². The average Bonchev–Trinajstić information content (AvgIpc) is 3.12. The van der Waals surface area contributed by atoms with Gasteiger partial charge in [-0.05, 0) is 43.0 Å². The van der Waals surface area contributed by atoms with Crippen molar-refractivity contribution < 1.29 is 18.7 Å². The first-order valence-corrected chi connectivity index (χ1v) is 9.13. The zero-order valence-corrected chi connectivity index (χ0v) is 15.3. The van der Waals surface area contributed by atoms with Gasteiger partial charge in [0, 0.05) is 10.6 Å². The van der Waals surface area contributed by atoms with Gasteiger partial charge >= 0.3 is 12.0 Å². The molecular weight excluding hydrogens is 355 g/mol. The molecule has 1 atom stereocenters. The Morgan fingerprint density at radius 1 is 1.31 bits per heavy atom. The summed E-state index contributed by atoms with van der Waals surface area (Å²) in [6, 6.07) is 8.58. The molecule has 136 valence electrons. The molecule has 0 aliphatic carbocycles. The summed E-state index contributed by atoms with van der Waals surface area (Å²) < 4.78 is 18.5. The van der Waals surface area contributed by atoms with E-state index in [1.807, 2.05) is 17.5 Å². The number of thiophene rings is 1. The summed E-state index contributed by atoms with van der Waals surface area (Å²) in [4.78, 5) is 27.8. The molecule has 0 radical (unpaired) electrons. The van der Waals surface area contributed by atoms with Crippen LogP contribution < -0.4 is 5.32 Å². The van der Waals surface area contributed by atoms with Crippen molar-refractivity contribution >= 4 is 23.3 Å². The number of nitrogens with one attached hydrogen (secondary N) is 1. The Morgan fingerprint density at radius 3 is 2.65 bits per heavy atom. The first kappa shape index (κ1) is 18.1. The number of nitrogens with zero attached hydrogens (tertiary/aromatic N) is 1. The molecule has 1 aliphatic rings. The van der Waals surface area contributed by atoms with Crippen molar-refractivity contribution in [2.75, 3.05) is 6.61 Å². The van der Waals surface area contributed by atoms with E-state index in [0.29, 0.717) is 23.4 Å². The minimum Gasteiger partial charge on any atom is -0.463 e. The number of carbonyl (C=O) groups is 2. The molecule has 2 aromatic rings. The number of hydrogen-bond acceptors (Lipinski definition) is 4. The van der Waals surface area contributed by atoms with Gasteiger partial charge in [0.1, 0.15) is 5.82 Å². The Labute approximate surface area is 155 Å². The van der Waals surface area contributed by atoms with Crippen molar-refractivity contribution in [3.63, 3.8) is 0 Å². The molecule has 26 heavy (non-hydrogen) atoms. The number of amides is 2. The summed E-state index contributed by atoms with van der Waals surface area (Å²) in [5.41, 5.74) is 1.52. The first-order chi connectivity index (χ1) is 12.5. The van der Waals surface area contributed by atoms with Gasteiger partial charge in [-0.25, -0.2) is 14.0 Å². The minimum atomic E-state index is -0.679. The van der Waals surface area contributed by atoms with Crippen LogP contribution in [0.1, 0.15) is 30.3 Å². The number of urea groups is 1. The van der Waals surface area contributed by atoms with Crippen LogP contribution in [0.15, 0.2) is 53.0 Å². The molecule has 1 aromatic carbocycles. The lowest BCUT2D eigenvalue weighted by Crippen LogP contribution is -2.47. The third kappa shape index (κ3) is 3.62. The zero-order valence-electron chi connectivity index (χ0n) is 14.5. The maximum atomic E-state index is 13.3. The third-order valence-electron chi connectivity index (χ3n) is 4.19. The van der Waals surface area contributed by atoms with E-state index in [1.165, 1.54) is 28.4 Å². The Balaban J connectivity index is 2.02. The average molecular weight is 374 g/mol. The van der Waals surface area contributed by atoms with Gasteiger partial charge in [0.25, 0.3) is 0 Å². The lowest BCUT2D eigenvalue weighted by atomic mass is 9.95. The van der Waals surface area contributed by atoms with Gasteiger partial charge in [-0.2, -0.15) is 0 Å². The summed E-state index contributed by atoms with van der Waals surface area (Å²) in [5.74, 6) is -0.871. The molecule has 7 heteroatoms. The van der Waals surface area contributed by atoms with Crippen LogP contribution in [0.5, 0.6) is 0 Å². The molecular formula is C19H19FN2O3S. The molecule has 0 fully saturated rings. The minimum absolute atomic E-state index is 0.227. The SMILES string of the molecule is CCOC(=O)C1=C(C)N(Cc2cccs2)C(=O)N[C@H]1c1ccc(F)cc1. The van der Waals surface area contributed by atoms with Gasteiger partial charge in [-0.1, -0.05) is 18.2 Å². The van der Waals surface area contributed by atoms with Crippen LogP contribution in [0, 0.1) is 5.82 Å². The van der Waals surface area contributed by atoms with Crippen molar-refractivity contribution in [3.05, 3.63) is 69.3 Å². The molecule has 0 saturated carbocycles. The van der Waals surface area contributed by atoms with Crippen LogP contribution in [0.4, 0.5) is 9.18 Å². The first-order valence-electron chi connectivity index (χ1n) is 8.25. The quantitative estimate of drug-likeness (QED) is 0.805. The van der Waals surface area contributed by atoms with Gasteiger partial charge in [0.15, 0.2) is 0 Å². The highest BCUT2D eigenvalue weighted by molar-refractivity contribution is 7.09. The lowest BCUT2D eigenvalue weighted by Gasteiger charge is -2.35. The second kappa shape index (κ2) is 7.70. The zero-order chi connectivity index (χ0) is 18.7. The Hall–Kier alpha value is -2.67. The van der Waals surface area contributed by atoms with Crippen LogP contribution in [0.3, 0.4) is 0 Å². The maximum absolute atomic E-state index is 13.3. The number of rotatable bonds is 5. The Morgan fingerprint density at radius 2 is 2.04 bits per heavy atom. The Kier molecular flexibility index (Phi) is 5.37. The van der Waals surface area contributed by atoms with E-state index in [4.69, 9.17) is 4.74 Å². The standard InChI is InChI=1S/C19H19FN2O3S/c1-3-25-18(23)16-12(2)22(11-15-5-4-10-26-15)19(24)21-17(16)13-6-8-14(20)9-7-13/h4-10,17H,3,11H2,1-2H3,(H,21,24)/t17-/m0/s1. The smallest absolute Gasteiger partial charge is 0.338 e. The van der Waals surface area contributed by atoms with Crippen molar-refractivity contribution in [1.29, 1.82) is 0 Å². The molecule has 0 bridgehead atoms. The molecule has 0 unspecified atom stereocenters. The van der Waals surface area contributed by atoms with Crippen LogP contribution in [-0.4, -0.2) is 23.5 Å². The summed E-state index contributed by atoms with van der Waals surface area (Å²) in [6.07, 6.45) is 0. The normalized spacial score (nSPS) is 17.3. The van der Waals surface area contributed by atoms with Crippen LogP contribution in [-0.2, 0) is 16.1 Å². The van der Waals surface area contributed by atoms with Gasteiger partial charge in [-0.15, -0.1) is 11.3 Å². The topological polar surface area (TPSA) is 58.6 Å². The number of allylic oxidation sites excluding steroid dienone is 1. The molecule has 0 saturated heterocycles. The van der Waals surface area contributed by atoms with Crippen LogP contribution in [0.25, 0.3) is 0 Å². The number of esters is 1. The fraction of sp³-hybridized carbons (Fsp3) is 0.263. The van der Waals surface area contributed by atoms with Gasteiger partial charge < -0.3 is 10.1 Å². The van der Waals surface area contributed by atoms with E-state index in [1.54, 1.807) is 26.0 Å². The van der Waals surface area contributed by atoms with Gasteiger partial charge in [-0.3, -0.25) is 4.90 Å². The third-order valence-corrected chi connectivity index (χ3v) is 5.05. The molecule has 2 heterocycles. The van der Waals surface area contributed by atoms with Crippen molar-refractivity contribution in [2.24, 2.45) is 0 Å². The van der Waals surface area contributed by atoms with E-state index < -0.39 is 12.0 Å². The highest BCUT2D eigenvalue weighted by atomic mass is 32.1. The number of carbonyl (C=O) groups excluding carboxylic acids is 2. The van der Waals surface area contributed by atoms with Gasteiger partial charge in [0.2, 0.25) is 0 Å². The molecule has 1 aromatic heterocycles. The van der Waals surface area contributed by atoms with Crippen LogP contribution in [0.2, 0.25) is 0 Å². The molecule has 3 rings (SSSR count). The highest BCUT2D eigenvalue weighted by Crippen LogP contribution is 2.32. The largest absolute Gasteiger partial charge is 0.463 e. The van der Waals surface area contributed by atoms with E-state index >= 15 is 0 Å². The Bertz CT molecular complexity index is 831. The van der Waals surface area contributed by atoms with E-state index in [9.17, 15) is 14.0 Å². The molecule has 1 N–H and O–H groups in total. The predicted octanol–water partition coefficient (Wildman–Crippen LogP) is 3.99. The van der Waals surface area contributed by atoms with E-state index in [-0.39, 0.29) is 18.5 Å². The molecule has 0 spiro atoms. The van der Waals surface area contributed by atoms with E-state index in [0.717, 1.165) is 4.88 Å². The molecule has 1 aliphatic heterocycles. The van der Waals surface area contributed by atoms with Crippen molar-refractivity contribution in [2.45, 2.75) is 26.4 Å². The fourth-order valence-electron chi connectivity index (χ4n) is 2.91.